The maximum absolute atomic E-state index is 12.2. The van der Waals surface area contributed by atoms with Crippen LogP contribution in [0.25, 0.3) is 6.08 Å². The van der Waals surface area contributed by atoms with Crippen LogP contribution in [-0.4, -0.2) is 49.5 Å². The molecule has 1 aromatic rings. The topological polar surface area (TPSA) is 66.0 Å². The first-order chi connectivity index (χ1) is 14.8. The molecule has 2 N–H and O–H groups in total. The molecule has 6 heteroatoms. The van der Waals surface area contributed by atoms with Crippen molar-refractivity contribution in [1.29, 1.82) is 0 Å². The van der Waals surface area contributed by atoms with E-state index in [1.54, 1.807) is 0 Å². The van der Waals surface area contributed by atoms with Crippen LogP contribution in [0, 0.1) is 0 Å². The zero-order valence-corrected chi connectivity index (χ0v) is 17.6. The van der Waals surface area contributed by atoms with Gasteiger partial charge in [-0.15, -0.1) is 0 Å². The van der Waals surface area contributed by atoms with Crippen molar-refractivity contribution in [3.05, 3.63) is 52.7 Å². The van der Waals surface area contributed by atoms with E-state index in [4.69, 9.17) is 4.74 Å². The zero-order chi connectivity index (χ0) is 20.6. The minimum atomic E-state index is -0.204. The highest BCUT2D eigenvalue weighted by atomic mass is 16.5. The number of morpholine rings is 1. The summed E-state index contributed by atoms with van der Waals surface area (Å²) in [6.07, 6.45) is 11.8. The van der Waals surface area contributed by atoms with Crippen molar-refractivity contribution < 1.29 is 9.53 Å². The Kier molecular flexibility index (Phi) is 7.19. The summed E-state index contributed by atoms with van der Waals surface area (Å²) in [5.74, 6) is 0. The Labute approximate surface area is 179 Å². The fraction of sp³-hybridized carbons (Fsp3) is 0.500. The maximum atomic E-state index is 12.2. The summed E-state index contributed by atoms with van der Waals surface area (Å²) < 4.78 is 5.55. The summed E-state index contributed by atoms with van der Waals surface area (Å²) >= 11 is 0. The fourth-order valence-electron chi connectivity index (χ4n) is 4.56. The molecule has 0 spiro atoms. The molecule has 1 aromatic carbocycles. The predicted octanol–water partition coefficient (Wildman–Crippen LogP) is 4.07. The van der Waals surface area contributed by atoms with E-state index in [9.17, 15) is 4.79 Å². The van der Waals surface area contributed by atoms with Gasteiger partial charge < -0.3 is 15.0 Å². The van der Waals surface area contributed by atoms with Gasteiger partial charge in [0.15, 0.2) is 0 Å². The lowest BCUT2D eigenvalue weighted by Crippen LogP contribution is -2.41. The average molecular weight is 409 g/mol. The SMILES string of the molecule is O=C(N/N=C/C1=C(N2CCOCC2)C(=C/c2ccccc2)/CC1)NC1CCCCC1. The summed E-state index contributed by atoms with van der Waals surface area (Å²) in [7, 11) is 0. The van der Waals surface area contributed by atoms with Crippen LogP contribution < -0.4 is 10.7 Å². The van der Waals surface area contributed by atoms with Crippen molar-refractivity contribution >= 4 is 18.3 Å². The van der Waals surface area contributed by atoms with Gasteiger partial charge in [0.1, 0.15) is 0 Å². The number of hydrazone groups is 1. The fourth-order valence-corrected chi connectivity index (χ4v) is 4.56. The molecule has 0 aromatic heterocycles. The Morgan fingerprint density at radius 2 is 1.83 bits per heavy atom. The quantitative estimate of drug-likeness (QED) is 0.570. The summed E-state index contributed by atoms with van der Waals surface area (Å²) in [4.78, 5) is 14.6. The van der Waals surface area contributed by atoms with Crippen LogP contribution in [0.2, 0.25) is 0 Å². The molecule has 160 valence electrons. The van der Waals surface area contributed by atoms with Crippen molar-refractivity contribution in [2.75, 3.05) is 26.3 Å². The minimum absolute atomic E-state index is 0.204. The van der Waals surface area contributed by atoms with E-state index in [-0.39, 0.29) is 12.1 Å². The summed E-state index contributed by atoms with van der Waals surface area (Å²) in [5.41, 5.74) is 7.64. The third-order valence-electron chi connectivity index (χ3n) is 6.07. The van der Waals surface area contributed by atoms with Crippen LogP contribution in [0.4, 0.5) is 4.79 Å². The van der Waals surface area contributed by atoms with Crippen LogP contribution in [0.15, 0.2) is 52.3 Å². The molecule has 30 heavy (non-hydrogen) atoms. The lowest BCUT2D eigenvalue weighted by Gasteiger charge is -2.31. The highest BCUT2D eigenvalue weighted by Crippen LogP contribution is 2.34. The number of amides is 2. The number of allylic oxidation sites excluding steroid dienone is 2. The molecule has 2 amide bonds. The van der Waals surface area contributed by atoms with Gasteiger partial charge in [-0.3, -0.25) is 0 Å². The summed E-state index contributed by atoms with van der Waals surface area (Å²) in [6, 6.07) is 10.5. The van der Waals surface area contributed by atoms with Crippen molar-refractivity contribution in [2.24, 2.45) is 5.10 Å². The number of benzene rings is 1. The zero-order valence-electron chi connectivity index (χ0n) is 17.6. The molecule has 0 radical (unpaired) electrons. The number of hydrogen-bond acceptors (Lipinski definition) is 4. The van der Waals surface area contributed by atoms with Crippen molar-refractivity contribution in [3.8, 4) is 0 Å². The first-order valence-electron chi connectivity index (χ1n) is 11.2. The van der Waals surface area contributed by atoms with Gasteiger partial charge in [0.2, 0.25) is 0 Å². The van der Waals surface area contributed by atoms with Crippen molar-refractivity contribution in [2.45, 2.75) is 51.0 Å². The molecule has 3 aliphatic rings. The number of rotatable bonds is 5. The standard InChI is InChI=1S/C24H32N4O2/c29-24(26-22-9-5-2-6-10-22)27-25-18-21-12-11-20(17-19-7-3-1-4-8-19)23(21)28-13-15-30-16-14-28/h1,3-4,7-8,17-18,22H,2,5-6,9-16H2,(H2,26,27,29)/b20-17+,25-18+. The van der Waals surface area contributed by atoms with Crippen molar-refractivity contribution in [3.63, 3.8) is 0 Å². The molecule has 4 rings (SSSR count). The average Bonchev–Trinajstić information content (AvgIpc) is 3.18. The number of carbonyl (C=O) groups excluding carboxylic acids is 1. The van der Waals surface area contributed by atoms with Gasteiger partial charge in [-0.2, -0.15) is 5.10 Å². The van der Waals surface area contributed by atoms with Crippen LogP contribution in [-0.2, 0) is 4.74 Å². The van der Waals surface area contributed by atoms with Crippen molar-refractivity contribution in [1.82, 2.24) is 15.6 Å². The second-order valence-corrected chi connectivity index (χ2v) is 8.23. The molecule has 0 atom stereocenters. The maximum Gasteiger partial charge on any atom is 0.335 e. The molecule has 1 heterocycles. The first kappa shape index (κ1) is 20.7. The van der Waals surface area contributed by atoms with Gasteiger partial charge in [-0.1, -0.05) is 49.6 Å². The van der Waals surface area contributed by atoms with Gasteiger partial charge in [0.25, 0.3) is 0 Å². The van der Waals surface area contributed by atoms with Crippen LogP contribution >= 0.6 is 0 Å². The van der Waals surface area contributed by atoms with Gasteiger partial charge in [0, 0.05) is 24.8 Å². The molecule has 2 aliphatic carbocycles. The Balaban J connectivity index is 1.46. The predicted molar refractivity (Wildman–Crippen MR) is 120 cm³/mol. The van der Waals surface area contributed by atoms with E-state index in [2.05, 4.69) is 51.1 Å². The molecule has 0 bridgehead atoms. The summed E-state index contributed by atoms with van der Waals surface area (Å²) in [5, 5.41) is 7.32. The molecule has 6 nitrogen and oxygen atoms in total. The number of nitrogens with one attached hydrogen (secondary N) is 2. The van der Waals surface area contributed by atoms with Gasteiger partial charge in [0.05, 0.1) is 19.4 Å². The third-order valence-corrected chi connectivity index (χ3v) is 6.07. The van der Waals surface area contributed by atoms with E-state index in [0.29, 0.717) is 0 Å². The number of ether oxygens (including phenoxy) is 1. The molecule has 1 saturated heterocycles. The second kappa shape index (κ2) is 10.4. The second-order valence-electron chi connectivity index (χ2n) is 8.23. The van der Waals surface area contributed by atoms with E-state index in [1.807, 2.05) is 12.3 Å². The van der Waals surface area contributed by atoms with Gasteiger partial charge in [-0.05, 0) is 48.5 Å². The Morgan fingerprint density at radius 3 is 2.60 bits per heavy atom. The minimum Gasteiger partial charge on any atom is -0.378 e. The van der Waals surface area contributed by atoms with Crippen LogP contribution in [0.1, 0.15) is 50.5 Å². The van der Waals surface area contributed by atoms with Gasteiger partial charge in [-0.25, -0.2) is 10.2 Å². The molecule has 0 unspecified atom stereocenters. The molecular formula is C24H32N4O2. The highest BCUT2D eigenvalue weighted by Gasteiger charge is 2.25. The lowest BCUT2D eigenvalue weighted by molar-refractivity contribution is 0.0548. The lowest BCUT2D eigenvalue weighted by atomic mass is 9.96. The first-order valence-corrected chi connectivity index (χ1v) is 11.2. The summed E-state index contributed by atoms with van der Waals surface area (Å²) in [6.45, 7) is 3.26. The number of nitrogens with zero attached hydrogens (tertiary/aromatic N) is 2. The monoisotopic (exact) mass is 408 g/mol. The number of carbonyl (C=O) groups is 1. The molecular weight excluding hydrogens is 376 g/mol. The largest absolute Gasteiger partial charge is 0.378 e. The molecule has 1 saturated carbocycles. The van der Waals surface area contributed by atoms with E-state index in [1.165, 1.54) is 41.7 Å². The number of urea groups is 1. The van der Waals surface area contributed by atoms with E-state index < -0.39 is 0 Å². The van der Waals surface area contributed by atoms with E-state index >= 15 is 0 Å². The van der Waals surface area contributed by atoms with E-state index in [0.717, 1.165) is 52.0 Å². The Morgan fingerprint density at radius 1 is 1.07 bits per heavy atom. The van der Waals surface area contributed by atoms with Crippen LogP contribution in [0.3, 0.4) is 0 Å². The Bertz CT molecular complexity index is 804. The molecule has 1 aliphatic heterocycles. The normalized spacial score (nSPS) is 22.1. The number of hydrogen-bond donors (Lipinski definition) is 2. The van der Waals surface area contributed by atoms with Gasteiger partial charge >= 0.3 is 6.03 Å². The van der Waals surface area contributed by atoms with Crippen LogP contribution in [0.5, 0.6) is 0 Å². The molecule has 2 fully saturated rings. The highest BCUT2D eigenvalue weighted by molar-refractivity contribution is 5.85. The Hall–Kier alpha value is -2.60. The third kappa shape index (κ3) is 5.51. The smallest absolute Gasteiger partial charge is 0.335 e.